The first-order valence-electron chi connectivity index (χ1n) is 13.7. The van der Waals surface area contributed by atoms with E-state index >= 15 is 0 Å². The number of fused-ring (bicyclic) bond motifs is 2. The molecule has 2 aromatic heterocycles. The Hall–Kier alpha value is -4.19. The molecule has 0 aliphatic carbocycles. The Bertz CT molecular complexity index is 1360. The first-order valence-corrected chi connectivity index (χ1v) is 14.6. The van der Waals surface area contributed by atoms with Gasteiger partial charge in [-0.1, -0.05) is 44.2 Å². The fraction of sp³-hybridized carbons (Fsp3) is 0.414. The number of hydrogen-bond acceptors (Lipinski definition) is 8. The Morgan fingerprint density at radius 3 is 2.54 bits per heavy atom. The van der Waals surface area contributed by atoms with E-state index in [2.05, 4.69) is 36.2 Å². The number of nitrogens with one attached hydrogen (secondary N) is 4. The van der Waals surface area contributed by atoms with Crippen LogP contribution < -0.4 is 21.3 Å². The molecule has 0 radical (unpaired) electrons. The first kappa shape index (κ1) is 29.8. The molecule has 0 saturated carbocycles. The fourth-order valence-electron chi connectivity index (χ4n) is 4.41. The van der Waals surface area contributed by atoms with Crippen molar-refractivity contribution in [2.45, 2.75) is 64.6 Å². The molecule has 3 atom stereocenters. The number of aryl methyl sites for hydroxylation is 1. The molecule has 1 aliphatic rings. The van der Waals surface area contributed by atoms with E-state index in [0.29, 0.717) is 42.9 Å². The second-order valence-electron chi connectivity index (χ2n) is 10.4. The van der Waals surface area contributed by atoms with Gasteiger partial charge in [0.15, 0.2) is 0 Å². The molecule has 0 unspecified atom stereocenters. The van der Waals surface area contributed by atoms with E-state index in [4.69, 9.17) is 0 Å². The summed E-state index contributed by atoms with van der Waals surface area (Å²) in [6, 6.07) is 7.37. The molecule has 41 heavy (non-hydrogen) atoms. The summed E-state index contributed by atoms with van der Waals surface area (Å²) in [6.45, 7) is 6.01. The van der Waals surface area contributed by atoms with Crippen molar-refractivity contribution in [3.05, 3.63) is 75.8 Å². The molecule has 0 saturated heterocycles. The van der Waals surface area contributed by atoms with Crippen molar-refractivity contribution in [2.75, 3.05) is 6.54 Å². The monoisotopic (exact) mass is 577 g/mol. The van der Waals surface area contributed by atoms with Crippen LogP contribution in [-0.4, -0.2) is 57.2 Å². The van der Waals surface area contributed by atoms with Gasteiger partial charge < -0.3 is 21.3 Å². The molecular formula is C29H35N7O4S. The Morgan fingerprint density at radius 2 is 1.83 bits per heavy atom. The summed E-state index contributed by atoms with van der Waals surface area (Å²) in [7, 11) is 0. The van der Waals surface area contributed by atoms with E-state index in [9.17, 15) is 19.2 Å². The minimum absolute atomic E-state index is 0.0455. The molecule has 1 aromatic carbocycles. The standard InChI is InChI=1S/C29H35N7O4S/c1-17(2)24-29-35-23(16-41-29)28(40)34-21(13-19-9-5-4-6-10-19)25(37)30-12-8-7-11-20(26(38)36-24)33-27(39)22-15-31-18(3)14-32-22/h4-6,9-10,14-17,20-21,24H,7-8,11-13H2,1-3H3,(H,30,37)(H,33,39)(H,34,40)(H,36,38)/t20-,21+,24+/m0/s1. The van der Waals surface area contributed by atoms with Crippen LogP contribution in [0.2, 0.25) is 0 Å². The maximum Gasteiger partial charge on any atom is 0.272 e. The van der Waals surface area contributed by atoms with E-state index in [1.807, 2.05) is 44.2 Å². The summed E-state index contributed by atoms with van der Waals surface area (Å²) in [5, 5.41) is 13.7. The number of aromatic nitrogens is 3. The van der Waals surface area contributed by atoms with E-state index in [1.54, 1.807) is 12.3 Å². The Balaban J connectivity index is 1.57. The molecule has 0 spiro atoms. The molecule has 4 N–H and O–H groups in total. The summed E-state index contributed by atoms with van der Waals surface area (Å²) < 4.78 is 0. The molecule has 4 amide bonds. The lowest BCUT2D eigenvalue weighted by Crippen LogP contribution is -2.49. The Morgan fingerprint density at radius 1 is 1.05 bits per heavy atom. The summed E-state index contributed by atoms with van der Waals surface area (Å²) in [6.07, 6.45) is 4.68. The van der Waals surface area contributed by atoms with Crippen LogP contribution in [-0.2, 0) is 16.0 Å². The van der Waals surface area contributed by atoms with Crippen LogP contribution >= 0.6 is 11.3 Å². The predicted octanol–water partition coefficient (Wildman–Crippen LogP) is 2.49. The number of rotatable bonds is 5. The van der Waals surface area contributed by atoms with E-state index in [0.717, 1.165) is 5.56 Å². The van der Waals surface area contributed by atoms with E-state index in [1.165, 1.54) is 23.7 Å². The number of benzene rings is 1. The van der Waals surface area contributed by atoms with Crippen molar-refractivity contribution in [2.24, 2.45) is 5.92 Å². The van der Waals surface area contributed by atoms with Gasteiger partial charge >= 0.3 is 0 Å². The third-order valence-electron chi connectivity index (χ3n) is 6.74. The molecule has 12 heteroatoms. The molecule has 3 heterocycles. The van der Waals surface area contributed by atoms with Crippen LogP contribution in [0.3, 0.4) is 0 Å². The topological polar surface area (TPSA) is 155 Å². The smallest absolute Gasteiger partial charge is 0.272 e. The zero-order valence-electron chi connectivity index (χ0n) is 23.3. The summed E-state index contributed by atoms with van der Waals surface area (Å²) in [5.74, 6) is -1.68. The minimum atomic E-state index is -0.843. The van der Waals surface area contributed by atoms with Crippen molar-refractivity contribution in [1.82, 2.24) is 36.2 Å². The minimum Gasteiger partial charge on any atom is -0.354 e. The second-order valence-corrected chi connectivity index (χ2v) is 11.3. The molecule has 4 rings (SSSR count). The van der Waals surface area contributed by atoms with Crippen molar-refractivity contribution in [3.8, 4) is 0 Å². The van der Waals surface area contributed by atoms with Gasteiger partial charge in [-0.15, -0.1) is 11.3 Å². The highest BCUT2D eigenvalue weighted by Crippen LogP contribution is 2.26. The quantitative estimate of drug-likeness (QED) is 0.363. The number of nitrogens with zero attached hydrogens (tertiary/aromatic N) is 3. The lowest BCUT2D eigenvalue weighted by molar-refractivity contribution is -0.124. The van der Waals surface area contributed by atoms with E-state index in [-0.39, 0.29) is 29.1 Å². The number of hydrogen-bond donors (Lipinski definition) is 4. The van der Waals surface area contributed by atoms with Gasteiger partial charge in [0.05, 0.1) is 17.9 Å². The fourth-order valence-corrected chi connectivity index (χ4v) is 5.43. The molecule has 216 valence electrons. The number of thiazole rings is 1. The summed E-state index contributed by atoms with van der Waals surface area (Å²) in [4.78, 5) is 65.4. The van der Waals surface area contributed by atoms with Gasteiger partial charge in [0.1, 0.15) is 28.5 Å². The zero-order chi connectivity index (χ0) is 29.4. The van der Waals surface area contributed by atoms with Gasteiger partial charge in [-0.25, -0.2) is 9.97 Å². The molecule has 0 fully saturated rings. The summed E-state index contributed by atoms with van der Waals surface area (Å²) >= 11 is 1.26. The lowest BCUT2D eigenvalue weighted by Gasteiger charge is -2.25. The van der Waals surface area contributed by atoms with E-state index < -0.39 is 29.9 Å². The van der Waals surface area contributed by atoms with Crippen molar-refractivity contribution in [1.29, 1.82) is 0 Å². The maximum absolute atomic E-state index is 13.5. The van der Waals surface area contributed by atoms with Crippen molar-refractivity contribution in [3.63, 3.8) is 0 Å². The zero-order valence-corrected chi connectivity index (χ0v) is 24.2. The first-order chi connectivity index (χ1) is 19.7. The van der Waals surface area contributed by atoms with Crippen LogP contribution in [0.4, 0.5) is 0 Å². The molecule has 1 aliphatic heterocycles. The van der Waals surface area contributed by atoms with Crippen LogP contribution in [0.15, 0.2) is 48.1 Å². The number of carbonyl (C=O) groups excluding carboxylic acids is 4. The highest BCUT2D eigenvalue weighted by Gasteiger charge is 2.29. The van der Waals surface area contributed by atoms with Crippen molar-refractivity contribution < 1.29 is 19.2 Å². The SMILES string of the molecule is Cc1cnc(C(=O)N[C@H]2CCCCNC(=O)[C@@H](Cc3ccccc3)NC(=O)c3csc(n3)[C@@H](C(C)C)NC2=O)cn1. The summed E-state index contributed by atoms with van der Waals surface area (Å²) in [5.41, 5.74) is 1.88. The Kier molecular flexibility index (Phi) is 10.1. The number of carbonyl (C=O) groups is 4. The van der Waals surface area contributed by atoms with Crippen LogP contribution in [0, 0.1) is 12.8 Å². The Labute approximate surface area is 243 Å². The normalized spacial score (nSPS) is 20.6. The third kappa shape index (κ3) is 8.16. The van der Waals surface area contributed by atoms with Gasteiger partial charge in [0.25, 0.3) is 11.8 Å². The maximum atomic E-state index is 13.5. The highest BCUT2D eigenvalue weighted by molar-refractivity contribution is 7.09. The van der Waals surface area contributed by atoms with Crippen LogP contribution in [0.5, 0.6) is 0 Å². The van der Waals surface area contributed by atoms with Gasteiger partial charge in [-0.2, -0.15) is 0 Å². The van der Waals surface area contributed by atoms with Gasteiger partial charge in [-0.05, 0) is 37.7 Å². The number of amides is 4. The molecule has 11 nitrogen and oxygen atoms in total. The molecule has 3 aromatic rings. The van der Waals surface area contributed by atoms with Gasteiger partial charge in [-0.3, -0.25) is 24.2 Å². The molecular weight excluding hydrogens is 542 g/mol. The average molecular weight is 578 g/mol. The van der Waals surface area contributed by atoms with Crippen LogP contribution in [0.1, 0.15) is 76.4 Å². The average Bonchev–Trinajstić information content (AvgIpc) is 3.45. The van der Waals surface area contributed by atoms with Gasteiger partial charge in [0, 0.05) is 24.5 Å². The molecule has 2 bridgehead atoms. The van der Waals surface area contributed by atoms with Gasteiger partial charge in [0.2, 0.25) is 11.8 Å². The van der Waals surface area contributed by atoms with Crippen LogP contribution in [0.25, 0.3) is 0 Å². The highest BCUT2D eigenvalue weighted by atomic mass is 32.1. The third-order valence-corrected chi connectivity index (χ3v) is 7.67. The second kappa shape index (κ2) is 13.9. The largest absolute Gasteiger partial charge is 0.354 e. The van der Waals surface area contributed by atoms with Crippen molar-refractivity contribution >= 4 is 35.0 Å². The predicted molar refractivity (Wildman–Crippen MR) is 154 cm³/mol. The lowest BCUT2D eigenvalue weighted by atomic mass is 10.0.